The van der Waals surface area contributed by atoms with Crippen LogP contribution >= 0.6 is 11.3 Å². The molecule has 4 atom stereocenters. The van der Waals surface area contributed by atoms with E-state index in [4.69, 9.17) is 27.4 Å². The molecule has 8 nitrogen and oxygen atoms in total. The summed E-state index contributed by atoms with van der Waals surface area (Å²) in [4.78, 5) is 40.2. The van der Waals surface area contributed by atoms with E-state index in [1.165, 1.54) is 15.0 Å². The minimum atomic E-state index is -0.725. The van der Waals surface area contributed by atoms with Crippen LogP contribution in [-0.2, 0) is 30.5 Å². The van der Waals surface area contributed by atoms with Crippen molar-refractivity contribution in [3.63, 3.8) is 0 Å². The molecular formula is C26H35N3O5S. The second-order valence-electron chi connectivity index (χ2n) is 9.43. The Labute approximate surface area is 209 Å². The maximum absolute atomic E-state index is 13.2. The van der Waals surface area contributed by atoms with Gasteiger partial charge in [0.15, 0.2) is 0 Å². The molecule has 0 amide bonds. The summed E-state index contributed by atoms with van der Waals surface area (Å²) in [5.74, 6) is 15.3. The number of allylic oxidation sites excluding steroid dienone is 2. The predicted molar refractivity (Wildman–Crippen MR) is 136 cm³/mol. The predicted octanol–water partition coefficient (Wildman–Crippen LogP) is 3.89. The number of hydrogen-bond acceptors (Lipinski definition) is 9. The Kier molecular flexibility index (Phi) is 9.73. The molecule has 1 aliphatic rings. The zero-order chi connectivity index (χ0) is 25.4. The Bertz CT molecular complexity index is 1030. The molecule has 1 heterocycles. The number of thiophene rings is 1. The van der Waals surface area contributed by atoms with Crippen LogP contribution in [0.1, 0.15) is 44.4 Å². The zero-order valence-electron chi connectivity index (χ0n) is 20.2. The van der Waals surface area contributed by atoms with E-state index in [0.29, 0.717) is 25.7 Å². The molecule has 1 aromatic heterocycles. The lowest BCUT2D eigenvalue weighted by molar-refractivity contribution is -0.144. The number of ketones is 1. The van der Waals surface area contributed by atoms with Crippen LogP contribution in [0.25, 0.3) is 10.1 Å². The number of carbonyl (C=O) groups is 2. The lowest BCUT2D eigenvalue weighted by Gasteiger charge is -2.25. The summed E-state index contributed by atoms with van der Waals surface area (Å²) in [6.45, 7) is 3.73. The van der Waals surface area contributed by atoms with Gasteiger partial charge in [0.05, 0.1) is 11.5 Å². The Morgan fingerprint density at radius 1 is 1.20 bits per heavy atom. The summed E-state index contributed by atoms with van der Waals surface area (Å²) in [7, 11) is 0. The van der Waals surface area contributed by atoms with Crippen molar-refractivity contribution >= 4 is 33.2 Å². The van der Waals surface area contributed by atoms with Crippen molar-refractivity contribution in [1.82, 2.24) is 0 Å². The molecule has 1 aliphatic carbocycles. The quantitative estimate of drug-likeness (QED) is 0.226. The van der Waals surface area contributed by atoms with Crippen LogP contribution in [-0.4, -0.2) is 24.0 Å². The first-order valence-electron chi connectivity index (χ1n) is 11.8. The number of nitrogens with two attached hydrogens (primary N) is 3. The summed E-state index contributed by atoms with van der Waals surface area (Å²) in [6, 6.07) is 10.4. The minimum Gasteiger partial charge on any atom is -0.373 e. The van der Waals surface area contributed by atoms with Crippen LogP contribution in [0, 0.1) is 17.3 Å². The van der Waals surface area contributed by atoms with Crippen LogP contribution in [0.3, 0.4) is 0 Å². The van der Waals surface area contributed by atoms with Crippen LogP contribution < -0.4 is 17.7 Å². The largest absolute Gasteiger partial charge is 0.373 e. The second-order valence-corrected chi connectivity index (χ2v) is 10.6. The van der Waals surface area contributed by atoms with E-state index in [2.05, 4.69) is 23.0 Å². The number of unbranched alkanes of at least 4 members (excludes halogenated alkanes) is 1. The van der Waals surface area contributed by atoms with Gasteiger partial charge in [-0.1, -0.05) is 56.4 Å². The van der Waals surface area contributed by atoms with Crippen molar-refractivity contribution in [3.05, 3.63) is 59.5 Å². The van der Waals surface area contributed by atoms with Crippen molar-refractivity contribution in [1.29, 1.82) is 0 Å². The summed E-state index contributed by atoms with van der Waals surface area (Å²) < 4.78 is 1.22. The molecule has 3 rings (SSSR count). The molecule has 9 heteroatoms. The highest BCUT2D eigenvalue weighted by Crippen LogP contribution is 2.46. The van der Waals surface area contributed by atoms with Gasteiger partial charge in [-0.05, 0) is 36.8 Å². The topological polar surface area (TPSA) is 140 Å². The number of benzene rings is 1. The minimum absolute atomic E-state index is 0.105. The monoisotopic (exact) mass is 501 g/mol. The Balaban J connectivity index is 1.69. The number of hydrogen-bond donors (Lipinski definition) is 3. The summed E-state index contributed by atoms with van der Waals surface area (Å²) in [5.41, 5.74) is -0.725. The molecule has 190 valence electrons. The maximum Gasteiger partial charge on any atom is 0.324 e. The fourth-order valence-corrected chi connectivity index (χ4v) is 5.89. The second kappa shape index (κ2) is 12.5. The maximum atomic E-state index is 13.2. The lowest BCUT2D eigenvalue weighted by atomic mass is 9.86. The fraction of sp³-hybridized carbons (Fsp3) is 0.462. The molecule has 2 unspecified atom stereocenters. The highest BCUT2D eigenvalue weighted by molar-refractivity contribution is 7.19. The van der Waals surface area contributed by atoms with E-state index in [-0.39, 0.29) is 30.1 Å². The normalized spacial score (nSPS) is 23.0. The van der Waals surface area contributed by atoms with Gasteiger partial charge in [-0.3, -0.25) is 19.3 Å². The summed E-state index contributed by atoms with van der Waals surface area (Å²) in [5, 5.41) is 1.19. The van der Waals surface area contributed by atoms with Gasteiger partial charge in [-0.25, -0.2) is 11.8 Å². The first-order valence-corrected chi connectivity index (χ1v) is 12.6. The van der Waals surface area contributed by atoms with E-state index in [1.807, 2.05) is 50.3 Å². The van der Waals surface area contributed by atoms with Gasteiger partial charge in [0.2, 0.25) is 0 Å². The van der Waals surface area contributed by atoms with Gasteiger partial charge in [-0.15, -0.1) is 11.3 Å². The molecule has 6 N–H and O–H groups in total. The standard InChI is InChI=1S/C26H35N3O5S/c1-26(2)24(31)20(10-5-3-4-6-12-23(30)33-28)21(25(26)34-29)14-13-18(32-27)16-19-15-17-9-7-8-11-22(17)35-19/h3,5,7-9,11,13-15,18,20-21,25H,4,6,10,12,16,27-29H2,1-2H3/b5-3-,14-13+/t18?,20-,21?,25+/m1/s1. The molecule has 35 heavy (non-hydrogen) atoms. The van der Waals surface area contributed by atoms with Gasteiger partial charge in [0, 0.05) is 34.3 Å². The molecule has 2 aromatic rings. The molecule has 0 aliphatic heterocycles. The first-order chi connectivity index (χ1) is 16.8. The zero-order valence-corrected chi connectivity index (χ0v) is 21.0. The van der Waals surface area contributed by atoms with Gasteiger partial charge in [0.1, 0.15) is 11.9 Å². The van der Waals surface area contributed by atoms with E-state index in [1.54, 1.807) is 11.3 Å². The van der Waals surface area contributed by atoms with Gasteiger partial charge < -0.3 is 4.84 Å². The van der Waals surface area contributed by atoms with Gasteiger partial charge >= 0.3 is 5.97 Å². The summed E-state index contributed by atoms with van der Waals surface area (Å²) in [6.07, 6.45) is 9.74. The Hall–Kier alpha value is -2.40. The fourth-order valence-electron chi connectivity index (χ4n) is 4.78. The number of Topliss-reactive ketones (excluding diaryl/α,β-unsaturated/α-hetero) is 1. The molecule has 0 saturated heterocycles. The molecule has 1 saturated carbocycles. The van der Waals surface area contributed by atoms with Crippen LogP contribution in [0.4, 0.5) is 0 Å². The van der Waals surface area contributed by atoms with Crippen molar-refractivity contribution in [2.45, 2.75) is 58.2 Å². The third kappa shape index (κ3) is 6.63. The summed E-state index contributed by atoms with van der Waals surface area (Å²) >= 11 is 1.71. The van der Waals surface area contributed by atoms with E-state index in [0.717, 1.165) is 0 Å². The van der Waals surface area contributed by atoms with Crippen LogP contribution in [0.15, 0.2) is 54.6 Å². The smallest absolute Gasteiger partial charge is 0.324 e. The highest BCUT2D eigenvalue weighted by atomic mass is 32.1. The number of rotatable bonds is 12. The Morgan fingerprint density at radius 2 is 1.97 bits per heavy atom. The molecule has 1 fully saturated rings. The van der Waals surface area contributed by atoms with Gasteiger partial charge in [0.25, 0.3) is 0 Å². The third-order valence-electron chi connectivity index (χ3n) is 6.69. The van der Waals surface area contributed by atoms with Crippen molar-refractivity contribution in [3.8, 4) is 0 Å². The van der Waals surface area contributed by atoms with Crippen LogP contribution in [0.5, 0.6) is 0 Å². The van der Waals surface area contributed by atoms with Crippen LogP contribution in [0.2, 0.25) is 0 Å². The highest BCUT2D eigenvalue weighted by Gasteiger charge is 2.54. The lowest BCUT2D eigenvalue weighted by Crippen LogP contribution is -2.36. The first kappa shape index (κ1) is 27.2. The molecular weight excluding hydrogens is 466 g/mol. The molecule has 0 radical (unpaired) electrons. The SMILES string of the molecule is CC1(C)C(=O)[C@H](C/C=C\CCCC(=O)ON)C(/C=C/C(Cc2cc3ccccc3s2)ON)[C@@H]1ON. The van der Waals surface area contributed by atoms with E-state index >= 15 is 0 Å². The third-order valence-corrected chi connectivity index (χ3v) is 7.82. The van der Waals surface area contributed by atoms with E-state index < -0.39 is 17.5 Å². The molecule has 0 spiro atoms. The number of fused-ring (bicyclic) bond motifs is 1. The molecule has 0 bridgehead atoms. The number of carbonyl (C=O) groups excluding carboxylic acids is 2. The Morgan fingerprint density at radius 3 is 2.66 bits per heavy atom. The van der Waals surface area contributed by atoms with E-state index in [9.17, 15) is 9.59 Å². The van der Waals surface area contributed by atoms with Crippen molar-refractivity contribution in [2.24, 2.45) is 34.9 Å². The average molecular weight is 502 g/mol. The van der Waals surface area contributed by atoms with Crippen molar-refractivity contribution < 1.29 is 24.1 Å². The molecule has 1 aromatic carbocycles. The van der Waals surface area contributed by atoms with Gasteiger partial charge in [-0.2, -0.15) is 5.90 Å². The average Bonchev–Trinajstić information content (AvgIpc) is 3.34. The van der Waals surface area contributed by atoms with Crippen molar-refractivity contribution in [2.75, 3.05) is 0 Å².